The molecular formula is C18H25FN4O2. The molecule has 1 atom stereocenters. The van der Waals surface area contributed by atoms with Gasteiger partial charge in [-0.05, 0) is 37.1 Å². The van der Waals surface area contributed by atoms with Gasteiger partial charge in [-0.2, -0.15) is 0 Å². The number of nitrogens with zero attached hydrogens (tertiary/aromatic N) is 3. The van der Waals surface area contributed by atoms with Gasteiger partial charge in [0, 0.05) is 39.3 Å². The molecule has 2 heterocycles. The van der Waals surface area contributed by atoms with Crippen LogP contribution in [0.3, 0.4) is 0 Å². The molecule has 2 saturated heterocycles. The summed E-state index contributed by atoms with van der Waals surface area (Å²) in [5.74, 6) is -0.327. The number of urea groups is 1. The zero-order chi connectivity index (χ0) is 17.8. The van der Waals surface area contributed by atoms with Gasteiger partial charge in [-0.1, -0.05) is 12.1 Å². The van der Waals surface area contributed by atoms with Crippen molar-refractivity contribution in [3.63, 3.8) is 0 Å². The zero-order valence-electron chi connectivity index (χ0n) is 14.6. The first-order valence-corrected chi connectivity index (χ1v) is 8.77. The van der Waals surface area contributed by atoms with E-state index in [1.54, 1.807) is 29.0 Å². The third-order valence-corrected chi connectivity index (χ3v) is 4.83. The summed E-state index contributed by atoms with van der Waals surface area (Å²) in [4.78, 5) is 29.6. The molecule has 0 unspecified atom stereocenters. The van der Waals surface area contributed by atoms with Crippen LogP contribution in [0.25, 0.3) is 0 Å². The van der Waals surface area contributed by atoms with E-state index in [0.717, 1.165) is 38.0 Å². The SMILES string of the molecule is CN1CCN(CC(=O)N[C@H]2CCCN(Cc3ccc(F)cc3)C2)C1=O. The summed E-state index contributed by atoms with van der Waals surface area (Å²) in [7, 11) is 1.74. The molecule has 2 aliphatic rings. The third kappa shape index (κ3) is 4.69. The number of benzene rings is 1. The topological polar surface area (TPSA) is 55.9 Å². The number of amides is 3. The molecule has 2 aliphatic heterocycles. The summed E-state index contributed by atoms with van der Waals surface area (Å²) in [6, 6.07) is 6.56. The van der Waals surface area contributed by atoms with Crippen LogP contribution in [0, 0.1) is 5.82 Å². The monoisotopic (exact) mass is 348 g/mol. The number of halogens is 1. The molecule has 1 aromatic rings. The van der Waals surface area contributed by atoms with Gasteiger partial charge in [-0.25, -0.2) is 9.18 Å². The maximum atomic E-state index is 13.0. The highest BCUT2D eigenvalue weighted by Crippen LogP contribution is 2.14. The Morgan fingerprint density at radius 1 is 1.24 bits per heavy atom. The normalized spacial score (nSPS) is 21.7. The van der Waals surface area contributed by atoms with Crippen molar-refractivity contribution in [3.05, 3.63) is 35.6 Å². The van der Waals surface area contributed by atoms with Crippen LogP contribution < -0.4 is 5.32 Å². The van der Waals surface area contributed by atoms with Crippen molar-refractivity contribution < 1.29 is 14.0 Å². The van der Waals surface area contributed by atoms with Crippen LogP contribution in [0.2, 0.25) is 0 Å². The van der Waals surface area contributed by atoms with Gasteiger partial charge < -0.3 is 15.1 Å². The second kappa shape index (κ2) is 7.82. The average molecular weight is 348 g/mol. The average Bonchev–Trinajstić information content (AvgIpc) is 2.89. The Kier molecular flexibility index (Phi) is 5.53. The molecule has 0 saturated carbocycles. The van der Waals surface area contributed by atoms with Crippen LogP contribution >= 0.6 is 0 Å². The fourth-order valence-corrected chi connectivity index (χ4v) is 3.46. The van der Waals surface area contributed by atoms with E-state index < -0.39 is 0 Å². The number of piperidine rings is 1. The van der Waals surface area contributed by atoms with Gasteiger partial charge in [0.15, 0.2) is 0 Å². The molecule has 136 valence electrons. The molecule has 3 rings (SSSR count). The molecule has 0 aromatic heterocycles. The molecule has 0 aliphatic carbocycles. The summed E-state index contributed by atoms with van der Waals surface area (Å²) in [6.07, 6.45) is 1.96. The second-order valence-electron chi connectivity index (χ2n) is 6.89. The molecule has 3 amide bonds. The molecule has 1 N–H and O–H groups in total. The van der Waals surface area contributed by atoms with Crippen LogP contribution in [0.5, 0.6) is 0 Å². The summed E-state index contributed by atoms with van der Waals surface area (Å²) in [6.45, 7) is 3.89. The number of carbonyl (C=O) groups excluding carboxylic acids is 2. The predicted octanol–water partition coefficient (Wildman–Crippen LogP) is 1.27. The van der Waals surface area contributed by atoms with Crippen LogP contribution in [-0.2, 0) is 11.3 Å². The lowest BCUT2D eigenvalue weighted by atomic mass is 10.0. The molecule has 1 aromatic carbocycles. The fourth-order valence-electron chi connectivity index (χ4n) is 3.46. The second-order valence-corrected chi connectivity index (χ2v) is 6.89. The largest absolute Gasteiger partial charge is 0.351 e. The minimum Gasteiger partial charge on any atom is -0.351 e. The number of rotatable bonds is 5. The van der Waals surface area contributed by atoms with Gasteiger partial charge in [-0.15, -0.1) is 0 Å². The first kappa shape index (κ1) is 17.7. The minimum atomic E-state index is -0.227. The van der Waals surface area contributed by atoms with Gasteiger partial charge in [0.05, 0.1) is 0 Å². The Labute approximate surface area is 147 Å². The van der Waals surface area contributed by atoms with Crippen molar-refractivity contribution in [2.45, 2.75) is 25.4 Å². The summed E-state index contributed by atoms with van der Waals surface area (Å²) in [5, 5.41) is 3.05. The lowest BCUT2D eigenvalue weighted by Crippen LogP contribution is -2.50. The number of carbonyl (C=O) groups is 2. The Morgan fingerprint density at radius 2 is 2.00 bits per heavy atom. The van der Waals surface area contributed by atoms with E-state index in [9.17, 15) is 14.0 Å². The van der Waals surface area contributed by atoms with E-state index in [1.165, 1.54) is 12.1 Å². The lowest BCUT2D eigenvalue weighted by Gasteiger charge is -2.33. The molecule has 25 heavy (non-hydrogen) atoms. The highest BCUT2D eigenvalue weighted by molar-refractivity contribution is 5.85. The van der Waals surface area contributed by atoms with Crippen LogP contribution in [0.1, 0.15) is 18.4 Å². The molecule has 7 heteroatoms. The number of hydrogen-bond acceptors (Lipinski definition) is 3. The van der Waals surface area contributed by atoms with Gasteiger partial charge in [0.2, 0.25) is 5.91 Å². The van der Waals surface area contributed by atoms with Gasteiger partial charge in [0.1, 0.15) is 12.4 Å². The Balaban J connectivity index is 1.47. The molecule has 6 nitrogen and oxygen atoms in total. The van der Waals surface area contributed by atoms with Crippen LogP contribution in [0.4, 0.5) is 9.18 Å². The Morgan fingerprint density at radius 3 is 2.68 bits per heavy atom. The summed E-state index contributed by atoms with van der Waals surface area (Å²) >= 11 is 0. The standard InChI is InChI=1S/C18H25FN4O2/c1-21-9-10-23(18(21)25)13-17(24)20-16-3-2-8-22(12-16)11-14-4-6-15(19)7-5-14/h4-7,16H,2-3,8-13H2,1H3,(H,20,24)/t16-/m0/s1. The van der Waals surface area contributed by atoms with E-state index >= 15 is 0 Å². The number of likely N-dealkylation sites (N-methyl/N-ethyl adjacent to an activating group) is 1. The van der Waals surface area contributed by atoms with E-state index in [1.807, 2.05) is 0 Å². The maximum Gasteiger partial charge on any atom is 0.320 e. The van der Waals surface area contributed by atoms with Gasteiger partial charge in [-0.3, -0.25) is 9.69 Å². The van der Waals surface area contributed by atoms with Crippen LogP contribution in [0.15, 0.2) is 24.3 Å². The maximum absolute atomic E-state index is 13.0. The number of hydrogen-bond donors (Lipinski definition) is 1. The van der Waals surface area contributed by atoms with Crippen molar-refractivity contribution in [1.82, 2.24) is 20.0 Å². The first-order chi connectivity index (χ1) is 12.0. The molecular weight excluding hydrogens is 323 g/mol. The van der Waals surface area contributed by atoms with E-state index in [4.69, 9.17) is 0 Å². The molecule has 0 spiro atoms. The van der Waals surface area contributed by atoms with Crippen LogP contribution in [-0.4, -0.2) is 72.5 Å². The van der Waals surface area contributed by atoms with Crippen molar-refractivity contribution in [2.24, 2.45) is 0 Å². The zero-order valence-corrected chi connectivity index (χ0v) is 14.6. The highest BCUT2D eigenvalue weighted by Gasteiger charge is 2.28. The molecule has 0 bridgehead atoms. The van der Waals surface area contributed by atoms with Gasteiger partial charge >= 0.3 is 6.03 Å². The van der Waals surface area contributed by atoms with Crippen molar-refractivity contribution in [3.8, 4) is 0 Å². The molecule has 0 radical (unpaired) electrons. The minimum absolute atomic E-state index is 0.0864. The smallest absolute Gasteiger partial charge is 0.320 e. The van der Waals surface area contributed by atoms with Crippen molar-refractivity contribution in [1.29, 1.82) is 0 Å². The molecule has 2 fully saturated rings. The van der Waals surface area contributed by atoms with E-state index in [0.29, 0.717) is 13.1 Å². The third-order valence-electron chi connectivity index (χ3n) is 4.83. The number of likely N-dealkylation sites (tertiary alicyclic amines) is 1. The first-order valence-electron chi connectivity index (χ1n) is 8.77. The number of nitrogens with one attached hydrogen (secondary N) is 1. The quantitative estimate of drug-likeness (QED) is 0.872. The predicted molar refractivity (Wildman–Crippen MR) is 92.4 cm³/mol. The summed E-state index contributed by atoms with van der Waals surface area (Å²) < 4.78 is 13.0. The van der Waals surface area contributed by atoms with Gasteiger partial charge in [0.25, 0.3) is 0 Å². The van der Waals surface area contributed by atoms with E-state index in [-0.39, 0.29) is 30.3 Å². The fraction of sp³-hybridized carbons (Fsp3) is 0.556. The Hall–Kier alpha value is -2.15. The van der Waals surface area contributed by atoms with Crippen molar-refractivity contribution in [2.75, 3.05) is 39.8 Å². The Bertz CT molecular complexity index is 622. The van der Waals surface area contributed by atoms with E-state index in [2.05, 4.69) is 10.2 Å². The summed E-state index contributed by atoms with van der Waals surface area (Å²) in [5.41, 5.74) is 1.07. The highest BCUT2D eigenvalue weighted by atomic mass is 19.1. The lowest BCUT2D eigenvalue weighted by molar-refractivity contribution is -0.122. The van der Waals surface area contributed by atoms with Crippen molar-refractivity contribution >= 4 is 11.9 Å².